The fourth-order valence-corrected chi connectivity index (χ4v) is 1.16. The summed E-state index contributed by atoms with van der Waals surface area (Å²) in [6.45, 7) is 0. The summed E-state index contributed by atoms with van der Waals surface area (Å²) >= 11 is 0. The molecule has 0 aliphatic rings. The fourth-order valence-electron chi connectivity index (χ4n) is 1.16. The molecule has 0 unspecified atom stereocenters. The number of nitrogen functional groups attached to an aromatic ring is 1. The molecule has 0 saturated carbocycles. The first-order chi connectivity index (χ1) is 8.04. The van der Waals surface area contributed by atoms with Crippen LogP contribution in [-0.2, 0) is 0 Å². The standard InChI is InChI=1S/C12H11NO/c13-11-8-10(6-7-12(11)14)9-4-2-1-3-5-9/h1-8,14H,13H2/i6D,7D,8D. The molecule has 2 rings (SSSR count). The largest absolute Gasteiger partial charge is 0.506 e. The zero-order chi connectivity index (χ0) is 12.6. The van der Waals surface area contributed by atoms with Crippen molar-refractivity contribution in [3.05, 3.63) is 48.5 Å². The number of anilines is 1. The van der Waals surface area contributed by atoms with Gasteiger partial charge in [-0.25, -0.2) is 0 Å². The minimum absolute atomic E-state index is 0.116. The number of aromatic hydroxyl groups is 1. The van der Waals surface area contributed by atoms with Crippen molar-refractivity contribution >= 4 is 5.69 Å². The second-order valence-electron chi connectivity index (χ2n) is 2.88. The monoisotopic (exact) mass is 188 g/mol. The van der Waals surface area contributed by atoms with Gasteiger partial charge in [0.1, 0.15) is 5.75 Å². The zero-order valence-electron chi connectivity index (χ0n) is 10.4. The molecule has 14 heavy (non-hydrogen) atoms. The van der Waals surface area contributed by atoms with Crippen molar-refractivity contribution in [3.63, 3.8) is 0 Å². The average Bonchev–Trinajstić information content (AvgIpc) is 2.36. The SMILES string of the molecule is [2H]c1c([2H])c(-c2ccccc2)c([2H])c(N)c1O. The van der Waals surface area contributed by atoms with Crippen LogP contribution in [-0.4, -0.2) is 5.11 Å². The third-order valence-electron chi connectivity index (χ3n) is 1.88. The van der Waals surface area contributed by atoms with Crippen LogP contribution in [0.15, 0.2) is 48.5 Å². The van der Waals surface area contributed by atoms with E-state index in [-0.39, 0.29) is 29.4 Å². The summed E-state index contributed by atoms with van der Waals surface area (Å²) in [7, 11) is 0. The molecule has 0 radical (unpaired) electrons. The molecule has 2 aromatic rings. The highest BCUT2D eigenvalue weighted by atomic mass is 16.3. The van der Waals surface area contributed by atoms with Crippen molar-refractivity contribution in [1.82, 2.24) is 0 Å². The summed E-state index contributed by atoms with van der Waals surface area (Å²) < 4.78 is 23.2. The molecule has 70 valence electrons. The highest BCUT2D eigenvalue weighted by Crippen LogP contribution is 2.26. The maximum absolute atomic E-state index is 9.49. The van der Waals surface area contributed by atoms with Gasteiger partial charge in [0.25, 0.3) is 0 Å². The van der Waals surface area contributed by atoms with E-state index in [2.05, 4.69) is 0 Å². The van der Waals surface area contributed by atoms with Gasteiger partial charge in [0.2, 0.25) is 0 Å². The lowest BCUT2D eigenvalue weighted by molar-refractivity contribution is 0.478. The Hall–Kier alpha value is -1.96. The van der Waals surface area contributed by atoms with Gasteiger partial charge in [-0.1, -0.05) is 36.4 Å². The fraction of sp³-hybridized carbons (Fsp3) is 0. The van der Waals surface area contributed by atoms with E-state index in [9.17, 15) is 5.11 Å². The van der Waals surface area contributed by atoms with Crippen LogP contribution in [0.2, 0.25) is 0 Å². The van der Waals surface area contributed by atoms with Crippen LogP contribution in [0.5, 0.6) is 5.75 Å². The second-order valence-corrected chi connectivity index (χ2v) is 2.88. The summed E-state index contributed by atoms with van der Waals surface area (Å²) in [5.41, 5.74) is 6.30. The molecule has 0 saturated heterocycles. The summed E-state index contributed by atoms with van der Waals surface area (Å²) in [6.07, 6.45) is 0. The van der Waals surface area contributed by atoms with Crippen LogP contribution >= 0.6 is 0 Å². The van der Waals surface area contributed by atoms with Gasteiger partial charge in [0.05, 0.1) is 9.80 Å². The van der Waals surface area contributed by atoms with E-state index in [4.69, 9.17) is 9.85 Å². The first-order valence-electron chi connectivity index (χ1n) is 5.67. The molecule has 0 fully saturated rings. The number of phenolic OH excluding ortho intramolecular Hbond substituents is 1. The molecule has 0 aliphatic heterocycles. The smallest absolute Gasteiger partial charge is 0.138 e. The van der Waals surface area contributed by atoms with Crippen molar-refractivity contribution in [3.8, 4) is 16.9 Å². The van der Waals surface area contributed by atoms with Gasteiger partial charge in [0.15, 0.2) is 0 Å². The van der Waals surface area contributed by atoms with E-state index in [0.717, 1.165) is 0 Å². The van der Waals surface area contributed by atoms with E-state index in [1.165, 1.54) is 0 Å². The molecule has 2 heteroatoms. The lowest BCUT2D eigenvalue weighted by Crippen LogP contribution is -1.86. The Kier molecular flexibility index (Phi) is 1.39. The predicted molar refractivity (Wildman–Crippen MR) is 58.0 cm³/mol. The van der Waals surface area contributed by atoms with Crippen LogP contribution in [0.4, 0.5) is 5.69 Å². The van der Waals surface area contributed by atoms with Gasteiger partial charge in [-0.3, -0.25) is 0 Å². The van der Waals surface area contributed by atoms with E-state index in [1.54, 1.807) is 24.3 Å². The van der Waals surface area contributed by atoms with Crippen molar-refractivity contribution in [2.45, 2.75) is 0 Å². The summed E-state index contributed by atoms with van der Waals surface area (Å²) in [4.78, 5) is 0. The highest BCUT2D eigenvalue weighted by Gasteiger charge is 2.00. The molecule has 0 aromatic heterocycles. The minimum Gasteiger partial charge on any atom is -0.506 e. The number of nitrogens with two attached hydrogens (primary N) is 1. The van der Waals surface area contributed by atoms with Gasteiger partial charge >= 0.3 is 0 Å². The van der Waals surface area contributed by atoms with Gasteiger partial charge in [-0.15, -0.1) is 0 Å². The normalized spacial score (nSPS) is 13.0. The number of benzene rings is 2. The van der Waals surface area contributed by atoms with Crippen LogP contribution in [0.25, 0.3) is 11.1 Å². The quantitative estimate of drug-likeness (QED) is 0.534. The molecular weight excluding hydrogens is 174 g/mol. The third-order valence-corrected chi connectivity index (χ3v) is 1.88. The van der Waals surface area contributed by atoms with Crippen LogP contribution in [0.1, 0.15) is 4.11 Å². The van der Waals surface area contributed by atoms with Crippen molar-refractivity contribution in [2.75, 3.05) is 5.73 Å². The zero-order valence-corrected chi connectivity index (χ0v) is 7.41. The molecule has 2 aromatic carbocycles. The third kappa shape index (κ3) is 1.55. The van der Waals surface area contributed by atoms with Crippen molar-refractivity contribution in [1.29, 1.82) is 0 Å². The minimum atomic E-state index is -0.500. The van der Waals surface area contributed by atoms with E-state index in [0.29, 0.717) is 5.56 Å². The lowest BCUT2D eigenvalue weighted by atomic mass is 10.1. The molecular formula is C12H11NO. The first kappa shape index (κ1) is 5.70. The van der Waals surface area contributed by atoms with Crippen LogP contribution in [0.3, 0.4) is 0 Å². The molecule has 0 bridgehead atoms. The predicted octanol–water partition coefficient (Wildman–Crippen LogP) is 2.64. The Morgan fingerprint density at radius 2 is 1.79 bits per heavy atom. The Morgan fingerprint density at radius 3 is 2.50 bits per heavy atom. The van der Waals surface area contributed by atoms with E-state index in [1.807, 2.05) is 6.07 Å². The average molecular weight is 188 g/mol. The number of hydrogen-bond donors (Lipinski definition) is 2. The van der Waals surface area contributed by atoms with Crippen LogP contribution < -0.4 is 5.73 Å². The van der Waals surface area contributed by atoms with Gasteiger partial charge in [-0.2, -0.15) is 0 Å². The topological polar surface area (TPSA) is 46.2 Å². The Balaban J connectivity index is 2.80. The number of hydrogen-bond acceptors (Lipinski definition) is 2. The molecule has 0 heterocycles. The maximum Gasteiger partial charge on any atom is 0.138 e. The van der Waals surface area contributed by atoms with Gasteiger partial charge in [-0.05, 0) is 23.2 Å². The summed E-state index contributed by atoms with van der Waals surface area (Å²) in [6, 6.07) is 8.20. The molecule has 0 amide bonds. The molecule has 0 atom stereocenters. The van der Waals surface area contributed by atoms with E-state index < -0.39 is 5.75 Å². The van der Waals surface area contributed by atoms with E-state index >= 15 is 0 Å². The Morgan fingerprint density at radius 1 is 1.07 bits per heavy atom. The Bertz CT molecular complexity index is 541. The molecule has 2 nitrogen and oxygen atoms in total. The summed E-state index contributed by atoms with van der Waals surface area (Å²) in [5, 5.41) is 9.49. The maximum atomic E-state index is 9.49. The molecule has 0 aliphatic carbocycles. The van der Waals surface area contributed by atoms with Crippen LogP contribution in [0, 0.1) is 0 Å². The Labute approximate surface area is 86.8 Å². The van der Waals surface area contributed by atoms with Crippen molar-refractivity contribution < 1.29 is 9.22 Å². The summed E-state index contributed by atoms with van der Waals surface area (Å²) in [5.74, 6) is -0.500. The number of rotatable bonds is 1. The second kappa shape index (κ2) is 3.42. The first-order valence-corrected chi connectivity index (χ1v) is 4.17. The number of phenols is 1. The molecule has 3 N–H and O–H groups in total. The van der Waals surface area contributed by atoms with Gasteiger partial charge < -0.3 is 10.8 Å². The highest BCUT2D eigenvalue weighted by molar-refractivity contribution is 5.70. The lowest BCUT2D eigenvalue weighted by Gasteiger charge is -2.03. The van der Waals surface area contributed by atoms with Crippen molar-refractivity contribution in [2.24, 2.45) is 0 Å². The molecule has 0 spiro atoms. The van der Waals surface area contributed by atoms with Gasteiger partial charge in [0, 0.05) is 0 Å².